The molecule has 1 aliphatic rings. The molecule has 1 aromatic carbocycles. The first kappa shape index (κ1) is 23.2. The number of ether oxygens (including phenoxy) is 1. The lowest BCUT2D eigenvalue weighted by atomic mass is 10.00. The first-order valence-corrected chi connectivity index (χ1v) is 10.2. The normalized spacial score (nSPS) is 14.9. The van der Waals surface area contributed by atoms with Crippen molar-refractivity contribution in [1.29, 1.82) is 0 Å². The summed E-state index contributed by atoms with van der Waals surface area (Å²) in [4.78, 5) is 21.6. The first-order valence-electron chi connectivity index (χ1n) is 10.2. The summed E-state index contributed by atoms with van der Waals surface area (Å²) >= 11 is 0. The number of carbonyl (C=O) groups excluding carboxylic acids is 1. The summed E-state index contributed by atoms with van der Waals surface area (Å²) in [6.07, 6.45) is 10.0. The zero-order valence-corrected chi connectivity index (χ0v) is 16.4. The van der Waals surface area contributed by atoms with Crippen molar-refractivity contribution in [3.05, 3.63) is 30.3 Å². The van der Waals surface area contributed by atoms with Crippen LogP contribution in [0, 0.1) is 5.92 Å². The average Bonchev–Trinajstić information content (AvgIpc) is 3.18. The molecule has 0 heterocycles. The maximum Gasteiger partial charge on any atom is 0.340 e. The number of aliphatic carboxylic acids is 1. The molecule has 0 bridgehead atoms. The topological polar surface area (TPSA) is 83.8 Å². The minimum Gasteiger partial charge on any atom is -0.481 e. The fourth-order valence-corrected chi connectivity index (χ4v) is 3.19. The van der Waals surface area contributed by atoms with Crippen molar-refractivity contribution in [2.45, 2.75) is 83.7 Å². The number of aliphatic hydroxyl groups excluding tert-OH is 1. The third kappa shape index (κ3) is 11.4. The van der Waals surface area contributed by atoms with Crippen LogP contribution in [0.5, 0.6) is 5.75 Å². The molecule has 2 rings (SSSR count). The molecule has 0 amide bonds. The number of carboxylic acids is 1. The van der Waals surface area contributed by atoms with Gasteiger partial charge < -0.3 is 14.9 Å². The lowest BCUT2D eigenvalue weighted by molar-refractivity contribution is -0.144. The molecule has 0 saturated heterocycles. The molecule has 1 unspecified atom stereocenters. The number of esters is 1. The number of para-hydroxylation sites is 1. The van der Waals surface area contributed by atoms with E-state index in [4.69, 9.17) is 9.84 Å². The number of rotatable bonds is 10. The summed E-state index contributed by atoms with van der Waals surface area (Å²) in [5, 5.41) is 18.0. The van der Waals surface area contributed by atoms with Gasteiger partial charge in [-0.3, -0.25) is 4.79 Å². The van der Waals surface area contributed by atoms with Crippen LogP contribution < -0.4 is 4.74 Å². The quantitative estimate of drug-likeness (QED) is 0.341. The molecule has 5 nitrogen and oxygen atoms in total. The van der Waals surface area contributed by atoms with Gasteiger partial charge in [0.2, 0.25) is 0 Å². The minimum absolute atomic E-state index is 0.333. The summed E-state index contributed by atoms with van der Waals surface area (Å²) in [5.74, 6) is -0.0445. The van der Waals surface area contributed by atoms with Crippen molar-refractivity contribution in [3.8, 4) is 5.75 Å². The monoisotopic (exact) mass is 378 g/mol. The first-order chi connectivity index (χ1) is 13.0. The molecule has 2 N–H and O–H groups in total. The number of unbranched alkanes of at least 4 members (excludes halogenated alkanes) is 3. The molecule has 0 aliphatic heterocycles. The Labute approximate surface area is 162 Å². The van der Waals surface area contributed by atoms with Crippen molar-refractivity contribution in [3.63, 3.8) is 0 Å². The second-order valence-corrected chi connectivity index (χ2v) is 7.18. The highest BCUT2D eigenvalue weighted by molar-refractivity contribution is 5.76. The van der Waals surface area contributed by atoms with Crippen LogP contribution in [0.1, 0.15) is 77.6 Å². The molecular formula is C22H34O5. The Bertz CT molecular complexity index is 523. The van der Waals surface area contributed by atoms with Gasteiger partial charge in [0.25, 0.3) is 0 Å². The highest BCUT2D eigenvalue weighted by Crippen LogP contribution is 2.29. The Kier molecular flexibility index (Phi) is 12.2. The largest absolute Gasteiger partial charge is 0.481 e. The summed E-state index contributed by atoms with van der Waals surface area (Å²) in [5.41, 5.74) is 0. The van der Waals surface area contributed by atoms with Gasteiger partial charge in [-0.25, -0.2) is 4.79 Å². The SMILES string of the molecule is CCCCCCC(=O)O.O=C(Oc1ccccc1)C(O)CCC1CCCC1. The fraction of sp³-hybridized carbons (Fsp3) is 0.636. The van der Waals surface area contributed by atoms with Crippen LogP contribution in [0.2, 0.25) is 0 Å². The molecule has 1 saturated carbocycles. The van der Waals surface area contributed by atoms with Crippen LogP contribution in [-0.4, -0.2) is 28.3 Å². The van der Waals surface area contributed by atoms with Crippen LogP contribution in [-0.2, 0) is 9.59 Å². The maximum absolute atomic E-state index is 11.6. The highest BCUT2D eigenvalue weighted by atomic mass is 16.5. The van der Waals surface area contributed by atoms with Crippen LogP contribution in [0.15, 0.2) is 30.3 Å². The standard InChI is InChI=1S/C15H20O3.C7H14O2/c16-14(11-10-12-6-4-5-7-12)15(17)18-13-8-2-1-3-9-13;1-2-3-4-5-6-7(8)9/h1-3,8-9,12,14,16H,4-7,10-11H2;2-6H2,1H3,(H,8,9). The minimum atomic E-state index is -0.995. The van der Waals surface area contributed by atoms with Gasteiger partial charge in [0.05, 0.1) is 0 Å². The highest BCUT2D eigenvalue weighted by Gasteiger charge is 2.21. The van der Waals surface area contributed by atoms with Crippen LogP contribution in [0.25, 0.3) is 0 Å². The summed E-state index contributed by atoms with van der Waals surface area (Å²) in [7, 11) is 0. The molecule has 152 valence electrons. The average molecular weight is 379 g/mol. The summed E-state index contributed by atoms with van der Waals surface area (Å²) in [6.45, 7) is 2.11. The zero-order chi connectivity index (χ0) is 19.9. The van der Waals surface area contributed by atoms with Gasteiger partial charge >= 0.3 is 11.9 Å². The second-order valence-electron chi connectivity index (χ2n) is 7.18. The predicted octanol–water partition coefficient (Wildman–Crippen LogP) is 4.96. The van der Waals surface area contributed by atoms with E-state index >= 15 is 0 Å². The lowest BCUT2D eigenvalue weighted by Crippen LogP contribution is -2.26. The zero-order valence-electron chi connectivity index (χ0n) is 16.4. The second kappa shape index (κ2) is 14.2. The third-order valence-electron chi connectivity index (χ3n) is 4.80. The Morgan fingerprint density at radius 2 is 1.78 bits per heavy atom. The van der Waals surface area contributed by atoms with E-state index in [2.05, 4.69) is 6.92 Å². The van der Waals surface area contributed by atoms with Gasteiger partial charge in [-0.2, -0.15) is 0 Å². The van der Waals surface area contributed by atoms with E-state index in [1.54, 1.807) is 24.3 Å². The van der Waals surface area contributed by atoms with Crippen molar-refractivity contribution < 1.29 is 24.5 Å². The molecule has 27 heavy (non-hydrogen) atoms. The van der Waals surface area contributed by atoms with Gasteiger partial charge in [-0.05, 0) is 37.3 Å². The number of hydrogen-bond donors (Lipinski definition) is 2. The van der Waals surface area contributed by atoms with Crippen molar-refractivity contribution in [2.24, 2.45) is 5.92 Å². The molecule has 5 heteroatoms. The van der Waals surface area contributed by atoms with Crippen LogP contribution in [0.4, 0.5) is 0 Å². The van der Waals surface area contributed by atoms with Gasteiger partial charge in [-0.1, -0.05) is 70.1 Å². The van der Waals surface area contributed by atoms with Crippen molar-refractivity contribution >= 4 is 11.9 Å². The van der Waals surface area contributed by atoms with E-state index in [0.717, 1.165) is 25.7 Å². The predicted molar refractivity (Wildman–Crippen MR) is 106 cm³/mol. The number of hydrogen-bond acceptors (Lipinski definition) is 4. The molecule has 1 atom stereocenters. The van der Waals surface area contributed by atoms with E-state index < -0.39 is 18.0 Å². The molecule has 0 spiro atoms. The summed E-state index contributed by atoms with van der Waals surface area (Å²) in [6, 6.07) is 8.87. The summed E-state index contributed by atoms with van der Waals surface area (Å²) < 4.78 is 5.10. The van der Waals surface area contributed by atoms with Gasteiger partial charge in [0.1, 0.15) is 5.75 Å². The maximum atomic E-state index is 11.6. The van der Waals surface area contributed by atoms with E-state index in [-0.39, 0.29) is 0 Å². The molecule has 0 aromatic heterocycles. The van der Waals surface area contributed by atoms with Crippen molar-refractivity contribution in [2.75, 3.05) is 0 Å². The molecule has 1 aromatic rings. The van der Waals surface area contributed by atoms with Gasteiger partial charge in [-0.15, -0.1) is 0 Å². The van der Waals surface area contributed by atoms with E-state index in [1.807, 2.05) is 6.07 Å². The Morgan fingerprint density at radius 1 is 1.11 bits per heavy atom. The molecule has 1 aliphatic carbocycles. The Hall–Kier alpha value is -1.88. The smallest absolute Gasteiger partial charge is 0.340 e. The van der Waals surface area contributed by atoms with Crippen LogP contribution in [0.3, 0.4) is 0 Å². The van der Waals surface area contributed by atoms with E-state index in [9.17, 15) is 14.7 Å². The van der Waals surface area contributed by atoms with E-state index in [1.165, 1.54) is 32.1 Å². The van der Waals surface area contributed by atoms with Gasteiger partial charge in [0, 0.05) is 6.42 Å². The number of carboxylic acid groups (broad SMARTS) is 1. The molecule has 1 fully saturated rings. The number of aliphatic hydroxyl groups is 1. The number of carbonyl (C=O) groups is 2. The van der Waals surface area contributed by atoms with E-state index in [0.29, 0.717) is 24.5 Å². The third-order valence-corrected chi connectivity index (χ3v) is 4.80. The molecule has 0 radical (unpaired) electrons. The Balaban J connectivity index is 0.000000345. The van der Waals surface area contributed by atoms with Crippen molar-refractivity contribution in [1.82, 2.24) is 0 Å². The number of benzene rings is 1. The van der Waals surface area contributed by atoms with Crippen LogP contribution >= 0.6 is 0 Å². The van der Waals surface area contributed by atoms with Gasteiger partial charge in [0.15, 0.2) is 6.10 Å². The molecular weight excluding hydrogens is 344 g/mol. The Morgan fingerprint density at radius 3 is 2.37 bits per heavy atom. The fourth-order valence-electron chi connectivity index (χ4n) is 3.19. The lowest BCUT2D eigenvalue weighted by Gasteiger charge is -2.13.